The van der Waals surface area contributed by atoms with E-state index in [-0.39, 0.29) is 18.1 Å². The zero-order valence-electron chi connectivity index (χ0n) is 12.3. The molecule has 3 rings (SSSR count). The minimum Gasteiger partial charge on any atom is -0.461 e. The molecule has 0 radical (unpaired) electrons. The zero-order valence-corrected chi connectivity index (χ0v) is 12.3. The summed E-state index contributed by atoms with van der Waals surface area (Å²) in [6, 6.07) is 7.68. The predicted octanol–water partition coefficient (Wildman–Crippen LogP) is 1.82. The predicted molar refractivity (Wildman–Crippen MR) is 79.8 cm³/mol. The van der Waals surface area contributed by atoms with Crippen molar-refractivity contribution in [1.29, 1.82) is 0 Å². The summed E-state index contributed by atoms with van der Waals surface area (Å²) in [4.78, 5) is 13.7. The van der Waals surface area contributed by atoms with E-state index in [9.17, 15) is 4.79 Å². The van der Waals surface area contributed by atoms with E-state index in [0.29, 0.717) is 19.5 Å². The van der Waals surface area contributed by atoms with E-state index in [1.807, 2.05) is 31.2 Å². The van der Waals surface area contributed by atoms with Gasteiger partial charge in [-0.25, -0.2) is 0 Å². The number of methoxy groups -OCH3 is 1. The molecule has 0 unspecified atom stereocenters. The molecule has 112 valence electrons. The van der Waals surface area contributed by atoms with Gasteiger partial charge in [0.15, 0.2) is 0 Å². The fourth-order valence-electron chi connectivity index (χ4n) is 3.12. The second-order valence-corrected chi connectivity index (χ2v) is 5.57. The molecule has 2 heterocycles. The van der Waals surface area contributed by atoms with E-state index >= 15 is 0 Å². The standard InChI is InChI=1S/C16H20N2O3/c1-10-13(12-5-3-4-6-15(12)21-10)9-18-8-11(20-2)7-14(18)16(17)19/h3-6,11,14H,7-9H2,1-2H3,(H2,17,19)/t11-,14-/m0/s1. The van der Waals surface area contributed by atoms with Crippen LogP contribution >= 0.6 is 0 Å². The highest BCUT2D eigenvalue weighted by Crippen LogP contribution is 2.29. The number of ether oxygens (including phenoxy) is 1. The summed E-state index contributed by atoms with van der Waals surface area (Å²) in [6.07, 6.45) is 0.710. The molecule has 1 aromatic heterocycles. The van der Waals surface area contributed by atoms with Crippen LogP contribution in [0, 0.1) is 6.92 Å². The Morgan fingerprint density at radius 2 is 2.24 bits per heavy atom. The van der Waals surface area contributed by atoms with Crippen LogP contribution in [-0.4, -0.2) is 36.6 Å². The zero-order chi connectivity index (χ0) is 15.0. The average molecular weight is 288 g/mol. The van der Waals surface area contributed by atoms with Gasteiger partial charge in [-0.05, 0) is 19.4 Å². The van der Waals surface area contributed by atoms with Gasteiger partial charge in [-0.3, -0.25) is 9.69 Å². The smallest absolute Gasteiger partial charge is 0.234 e. The van der Waals surface area contributed by atoms with E-state index in [0.717, 1.165) is 22.3 Å². The van der Waals surface area contributed by atoms with Crippen LogP contribution in [0.25, 0.3) is 11.0 Å². The fourth-order valence-corrected chi connectivity index (χ4v) is 3.12. The normalized spacial score (nSPS) is 23.0. The molecule has 5 nitrogen and oxygen atoms in total. The van der Waals surface area contributed by atoms with Gasteiger partial charge in [0.25, 0.3) is 0 Å². The number of fused-ring (bicyclic) bond motifs is 1. The molecular weight excluding hydrogens is 268 g/mol. The quantitative estimate of drug-likeness (QED) is 0.931. The van der Waals surface area contributed by atoms with Crippen LogP contribution in [0.4, 0.5) is 0 Å². The van der Waals surface area contributed by atoms with Crippen LogP contribution in [0.2, 0.25) is 0 Å². The van der Waals surface area contributed by atoms with Crippen LogP contribution in [0.15, 0.2) is 28.7 Å². The second-order valence-electron chi connectivity index (χ2n) is 5.57. The van der Waals surface area contributed by atoms with E-state index in [1.54, 1.807) is 7.11 Å². The van der Waals surface area contributed by atoms with Crippen molar-refractivity contribution in [1.82, 2.24) is 4.90 Å². The van der Waals surface area contributed by atoms with Gasteiger partial charge >= 0.3 is 0 Å². The summed E-state index contributed by atoms with van der Waals surface area (Å²) in [6.45, 7) is 3.32. The van der Waals surface area contributed by atoms with Gasteiger partial charge in [-0.1, -0.05) is 18.2 Å². The average Bonchev–Trinajstić information content (AvgIpc) is 3.01. The summed E-state index contributed by atoms with van der Waals surface area (Å²) in [7, 11) is 1.67. The molecule has 21 heavy (non-hydrogen) atoms. The van der Waals surface area contributed by atoms with E-state index < -0.39 is 0 Å². The molecule has 5 heteroatoms. The summed E-state index contributed by atoms with van der Waals surface area (Å²) in [5, 5.41) is 1.10. The first kappa shape index (κ1) is 14.1. The van der Waals surface area contributed by atoms with Crippen molar-refractivity contribution >= 4 is 16.9 Å². The highest BCUT2D eigenvalue weighted by Gasteiger charge is 2.36. The van der Waals surface area contributed by atoms with Crippen molar-refractivity contribution in [3.05, 3.63) is 35.6 Å². The van der Waals surface area contributed by atoms with Crippen molar-refractivity contribution < 1.29 is 13.9 Å². The summed E-state index contributed by atoms with van der Waals surface area (Å²) in [5.41, 5.74) is 7.52. The Bertz CT molecular complexity index is 665. The maximum atomic E-state index is 11.7. The number of hydrogen-bond acceptors (Lipinski definition) is 4. The summed E-state index contributed by atoms with van der Waals surface area (Å²) >= 11 is 0. The topological polar surface area (TPSA) is 68.7 Å². The number of amides is 1. The first-order chi connectivity index (χ1) is 10.1. The molecule has 0 aliphatic carbocycles. The number of nitrogens with two attached hydrogens (primary N) is 1. The number of likely N-dealkylation sites (tertiary alicyclic amines) is 1. The van der Waals surface area contributed by atoms with Crippen molar-refractivity contribution in [2.45, 2.75) is 32.0 Å². The molecule has 0 bridgehead atoms. The number of furan rings is 1. The number of nitrogens with zero attached hydrogens (tertiary/aromatic N) is 1. The van der Waals surface area contributed by atoms with Crippen molar-refractivity contribution in [2.75, 3.05) is 13.7 Å². The summed E-state index contributed by atoms with van der Waals surface area (Å²) < 4.78 is 11.2. The van der Waals surface area contributed by atoms with Gasteiger partial charge in [0.05, 0.1) is 12.1 Å². The largest absolute Gasteiger partial charge is 0.461 e. The van der Waals surface area contributed by atoms with E-state index in [2.05, 4.69) is 4.90 Å². The van der Waals surface area contributed by atoms with Gasteiger partial charge in [-0.15, -0.1) is 0 Å². The molecular formula is C16H20N2O3. The molecule has 1 fully saturated rings. The third-order valence-electron chi connectivity index (χ3n) is 4.29. The lowest BCUT2D eigenvalue weighted by Gasteiger charge is -2.21. The van der Waals surface area contributed by atoms with Crippen molar-refractivity contribution in [3.63, 3.8) is 0 Å². The molecule has 0 spiro atoms. The molecule has 1 aliphatic rings. The first-order valence-corrected chi connectivity index (χ1v) is 7.13. The van der Waals surface area contributed by atoms with Crippen LogP contribution in [0.5, 0.6) is 0 Å². The number of primary amides is 1. The highest BCUT2D eigenvalue weighted by atomic mass is 16.5. The number of benzene rings is 1. The number of para-hydroxylation sites is 1. The van der Waals surface area contributed by atoms with Crippen molar-refractivity contribution in [3.8, 4) is 0 Å². The lowest BCUT2D eigenvalue weighted by atomic mass is 10.1. The van der Waals surface area contributed by atoms with Gasteiger partial charge in [0.2, 0.25) is 5.91 Å². The lowest BCUT2D eigenvalue weighted by molar-refractivity contribution is -0.122. The lowest BCUT2D eigenvalue weighted by Crippen LogP contribution is -2.39. The molecule has 0 saturated carbocycles. The molecule has 1 aromatic carbocycles. The Balaban J connectivity index is 1.90. The third-order valence-corrected chi connectivity index (χ3v) is 4.29. The van der Waals surface area contributed by atoms with Crippen LogP contribution < -0.4 is 5.73 Å². The van der Waals surface area contributed by atoms with E-state index in [4.69, 9.17) is 14.9 Å². The Morgan fingerprint density at radius 1 is 1.48 bits per heavy atom. The highest BCUT2D eigenvalue weighted by molar-refractivity contribution is 5.83. The molecule has 2 N–H and O–H groups in total. The monoisotopic (exact) mass is 288 g/mol. The van der Waals surface area contributed by atoms with Crippen LogP contribution in [0.1, 0.15) is 17.7 Å². The minimum atomic E-state index is -0.292. The van der Waals surface area contributed by atoms with Gasteiger partial charge in [-0.2, -0.15) is 0 Å². The van der Waals surface area contributed by atoms with Crippen molar-refractivity contribution in [2.24, 2.45) is 5.73 Å². The number of carbonyl (C=O) groups excluding carboxylic acids is 1. The molecule has 2 atom stereocenters. The van der Waals surface area contributed by atoms with Gasteiger partial charge < -0.3 is 14.9 Å². The second kappa shape index (κ2) is 5.50. The number of hydrogen-bond donors (Lipinski definition) is 1. The van der Waals surface area contributed by atoms with Gasteiger partial charge in [0, 0.05) is 31.1 Å². The first-order valence-electron chi connectivity index (χ1n) is 7.13. The Labute approximate surface area is 123 Å². The number of aryl methyl sites for hydroxylation is 1. The molecule has 2 aromatic rings. The van der Waals surface area contributed by atoms with Gasteiger partial charge in [0.1, 0.15) is 11.3 Å². The molecule has 1 aliphatic heterocycles. The fraction of sp³-hybridized carbons (Fsp3) is 0.438. The SMILES string of the molecule is CO[C@H]1C[C@@H](C(N)=O)N(Cc2c(C)oc3ccccc23)C1. The maximum absolute atomic E-state index is 11.7. The third kappa shape index (κ3) is 2.54. The van der Waals surface area contributed by atoms with Crippen LogP contribution in [0.3, 0.4) is 0 Å². The van der Waals surface area contributed by atoms with E-state index in [1.165, 1.54) is 0 Å². The molecule has 1 amide bonds. The Morgan fingerprint density at radius 3 is 2.95 bits per heavy atom. The van der Waals surface area contributed by atoms with Crippen LogP contribution in [-0.2, 0) is 16.1 Å². The maximum Gasteiger partial charge on any atom is 0.234 e. The number of carbonyl (C=O) groups is 1. The molecule has 1 saturated heterocycles. The number of rotatable bonds is 4. The Hall–Kier alpha value is -1.85. The Kier molecular flexibility index (Phi) is 3.69. The summed E-state index contributed by atoms with van der Waals surface area (Å²) in [5.74, 6) is 0.597. The minimum absolute atomic E-state index is 0.0565.